The zero-order valence-corrected chi connectivity index (χ0v) is 22.2. The van der Waals surface area contributed by atoms with E-state index in [2.05, 4.69) is 22.4 Å². The molecule has 0 aliphatic heterocycles. The number of carbonyl (C=O) groups is 3. The van der Waals surface area contributed by atoms with E-state index < -0.39 is 18.2 Å². The maximum Gasteiger partial charge on any atom is 0.490 e. The lowest BCUT2D eigenvalue weighted by Crippen LogP contribution is -2.29. The number of hydrogen-bond acceptors (Lipinski definition) is 5. The van der Waals surface area contributed by atoms with Crippen molar-refractivity contribution in [2.45, 2.75) is 64.3 Å². The number of hydrogen-bond donors (Lipinski definition) is 2. The number of carbonyl (C=O) groups excluding carboxylic acids is 2. The van der Waals surface area contributed by atoms with Crippen LogP contribution in [0.3, 0.4) is 0 Å². The number of benzene rings is 2. The van der Waals surface area contributed by atoms with E-state index in [9.17, 15) is 22.8 Å². The SMILES string of the molecule is CCC(=O)CCCCCC(NC(=O)OCc1ccccc1)c1cc(-c2ccccc2)ccn1.O=C(O)C(F)(F)F. The average Bonchev–Trinajstić information content (AvgIpc) is 2.96. The minimum Gasteiger partial charge on any atom is -0.475 e. The van der Waals surface area contributed by atoms with Crippen molar-refractivity contribution >= 4 is 17.8 Å². The molecule has 2 N–H and O–H groups in total. The van der Waals surface area contributed by atoms with Crippen LogP contribution in [0.4, 0.5) is 18.0 Å². The molecule has 3 aromatic rings. The Morgan fingerprint density at radius 3 is 2.15 bits per heavy atom. The summed E-state index contributed by atoms with van der Waals surface area (Å²) in [6.45, 7) is 2.12. The molecule has 0 bridgehead atoms. The fraction of sp³-hybridized carbons (Fsp3) is 0.333. The Morgan fingerprint density at radius 2 is 1.55 bits per heavy atom. The second-order valence-corrected chi connectivity index (χ2v) is 8.89. The minimum atomic E-state index is -5.08. The molecule has 1 atom stereocenters. The molecule has 3 rings (SSSR count). The van der Waals surface area contributed by atoms with Crippen LogP contribution in [0.2, 0.25) is 0 Å². The van der Waals surface area contributed by atoms with E-state index in [1.165, 1.54) is 0 Å². The van der Waals surface area contributed by atoms with E-state index in [1.807, 2.05) is 67.6 Å². The number of unbranched alkanes of at least 4 members (excludes halogenated alkanes) is 2. The molecule has 1 amide bonds. The van der Waals surface area contributed by atoms with Crippen LogP contribution in [0, 0.1) is 0 Å². The molecule has 7 nitrogen and oxygen atoms in total. The maximum absolute atomic E-state index is 12.6. The average molecular weight is 559 g/mol. The first-order valence-electron chi connectivity index (χ1n) is 12.9. The second-order valence-electron chi connectivity index (χ2n) is 8.89. The summed E-state index contributed by atoms with van der Waals surface area (Å²) in [5, 5.41) is 10.1. The summed E-state index contributed by atoms with van der Waals surface area (Å²) in [5.41, 5.74) is 3.90. The molecule has 40 heavy (non-hydrogen) atoms. The fourth-order valence-electron chi connectivity index (χ4n) is 3.67. The highest BCUT2D eigenvalue weighted by Gasteiger charge is 2.38. The van der Waals surface area contributed by atoms with Gasteiger partial charge in [-0.05, 0) is 41.7 Å². The highest BCUT2D eigenvalue weighted by molar-refractivity contribution is 5.77. The first-order valence-corrected chi connectivity index (χ1v) is 12.9. The van der Waals surface area contributed by atoms with Gasteiger partial charge in [-0.15, -0.1) is 0 Å². The van der Waals surface area contributed by atoms with Gasteiger partial charge in [0.15, 0.2) is 0 Å². The number of pyridine rings is 1. The molecule has 0 saturated carbocycles. The van der Waals surface area contributed by atoms with Crippen LogP contribution in [0.25, 0.3) is 11.1 Å². The van der Waals surface area contributed by atoms with Gasteiger partial charge < -0.3 is 15.2 Å². The Kier molecular flexibility index (Phi) is 13.4. The third kappa shape index (κ3) is 12.1. The first kappa shape index (κ1) is 32.0. The molecule has 0 aliphatic carbocycles. The molecule has 2 aromatic carbocycles. The van der Waals surface area contributed by atoms with Gasteiger partial charge >= 0.3 is 18.2 Å². The van der Waals surface area contributed by atoms with Gasteiger partial charge in [-0.3, -0.25) is 9.78 Å². The Labute approximate surface area is 231 Å². The number of nitrogens with zero attached hydrogens (tertiary/aromatic N) is 1. The van der Waals surface area contributed by atoms with Gasteiger partial charge in [0.2, 0.25) is 0 Å². The molecular weight excluding hydrogens is 525 g/mol. The van der Waals surface area contributed by atoms with Crippen molar-refractivity contribution in [3.63, 3.8) is 0 Å². The number of ether oxygens (including phenoxy) is 1. The Balaban J connectivity index is 0.000000708. The summed E-state index contributed by atoms with van der Waals surface area (Å²) in [6.07, 6.45) is 0.863. The lowest BCUT2D eigenvalue weighted by Gasteiger charge is -2.19. The standard InChI is InChI=1S/C28H32N2O3.C2HF3O2/c1-2-25(31)16-10-5-11-17-26(30-28(32)33-21-22-12-6-3-7-13-22)27-20-24(18-19-29-27)23-14-8-4-9-15-23;3-2(4,5)1(6)7/h3-4,6-9,12-15,18-20,26H,2,5,10-11,16-17,21H2,1H3,(H,30,32);(H,6,7). The van der Waals surface area contributed by atoms with Crippen LogP contribution in [-0.4, -0.2) is 34.1 Å². The number of nitrogens with one attached hydrogen (secondary N) is 1. The number of carboxylic acid groups (broad SMARTS) is 1. The van der Waals surface area contributed by atoms with E-state index in [0.717, 1.165) is 48.1 Å². The number of Topliss-reactive ketones (excluding diaryl/α,β-unsaturated/α-hetero) is 1. The van der Waals surface area contributed by atoms with Crippen molar-refractivity contribution in [2.24, 2.45) is 0 Å². The van der Waals surface area contributed by atoms with Crippen molar-refractivity contribution in [3.05, 3.63) is 90.3 Å². The first-order chi connectivity index (χ1) is 19.1. The summed E-state index contributed by atoms with van der Waals surface area (Å²) in [5.74, 6) is -2.46. The lowest BCUT2D eigenvalue weighted by molar-refractivity contribution is -0.192. The topological polar surface area (TPSA) is 106 Å². The predicted molar refractivity (Wildman–Crippen MR) is 144 cm³/mol. The number of rotatable bonds is 12. The number of alkyl carbamates (subject to hydrolysis) is 1. The van der Waals surface area contributed by atoms with E-state index in [-0.39, 0.29) is 12.6 Å². The number of ketones is 1. The van der Waals surface area contributed by atoms with Crippen molar-refractivity contribution in [1.82, 2.24) is 10.3 Å². The molecule has 0 spiro atoms. The van der Waals surface area contributed by atoms with Gasteiger partial charge in [0.05, 0.1) is 11.7 Å². The highest BCUT2D eigenvalue weighted by atomic mass is 19.4. The van der Waals surface area contributed by atoms with Crippen LogP contribution in [0.15, 0.2) is 79.0 Å². The number of halogens is 3. The van der Waals surface area contributed by atoms with Gasteiger partial charge in [-0.1, -0.05) is 80.4 Å². The third-order valence-corrected chi connectivity index (χ3v) is 5.84. The monoisotopic (exact) mass is 558 g/mol. The minimum absolute atomic E-state index is 0.218. The van der Waals surface area contributed by atoms with E-state index in [0.29, 0.717) is 18.6 Å². The van der Waals surface area contributed by atoms with Crippen molar-refractivity contribution in [3.8, 4) is 11.1 Å². The highest BCUT2D eigenvalue weighted by Crippen LogP contribution is 2.25. The van der Waals surface area contributed by atoms with Crippen molar-refractivity contribution < 1.29 is 37.4 Å². The molecular formula is C30H33F3N2O5. The smallest absolute Gasteiger partial charge is 0.475 e. The normalized spacial score (nSPS) is 11.5. The quantitative estimate of drug-likeness (QED) is 0.226. The van der Waals surface area contributed by atoms with Crippen LogP contribution in [-0.2, 0) is 20.9 Å². The summed E-state index contributed by atoms with van der Waals surface area (Å²) < 4.78 is 37.2. The van der Waals surface area contributed by atoms with Gasteiger partial charge in [-0.2, -0.15) is 13.2 Å². The maximum atomic E-state index is 12.6. The zero-order valence-electron chi connectivity index (χ0n) is 22.2. The summed E-state index contributed by atoms with van der Waals surface area (Å²) in [4.78, 5) is 37.6. The van der Waals surface area contributed by atoms with Crippen molar-refractivity contribution in [1.29, 1.82) is 0 Å². The summed E-state index contributed by atoms with van der Waals surface area (Å²) in [6, 6.07) is 23.5. The predicted octanol–water partition coefficient (Wildman–Crippen LogP) is 7.28. The summed E-state index contributed by atoms with van der Waals surface area (Å²) >= 11 is 0. The number of alkyl halides is 3. The van der Waals surface area contributed by atoms with Crippen LogP contribution in [0.5, 0.6) is 0 Å². The lowest BCUT2D eigenvalue weighted by atomic mass is 10.00. The number of carboxylic acids is 1. The molecule has 1 unspecified atom stereocenters. The van der Waals surface area contributed by atoms with Crippen LogP contribution in [0.1, 0.15) is 62.7 Å². The molecule has 0 aliphatic rings. The Morgan fingerprint density at radius 1 is 0.925 bits per heavy atom. The Bertz CT molecular complexity index is 1200. The van der Waals surface area contributed by atoms with Gasteiger partial charge in [0, 0.05) is 19.0 Å². The zero-order chi connectivity index (χ0) is 29.4. The Hall–Kier alpha value is -4.21. The molecule has 214 valence electrons. The van der Waals surface area contributed by atoms with E-state index in [1.54, 1.807) is 6.20 Å². The molecule has 1 aromatic heterocycles. The molecule has 0 fully saturated rings. The van der Waals surface area contributed by atoms with Gasteiger partial charge in [0.25, 0.3) is 0 Å². The van der Waals surface area contributed by atoms with Crippen LogP contribution >= 0.6 is 0 Å². The van der Waals surface area contributed by atoms with E-state index >= 15 is 0 Å². The molecule has 1 heterocycles. The van der Waals surface area contributed by atoms with Crippen molar-refractivity contribution in [2.75, 3.05) is 0 Å². The van der Waals surface area contributed by atoms with Gasteiger partial charge in [0.1, 0.15) is 12.4 Å². The molecule has 10 heteroatoms. The molecule has 0 saturated heterocycles. The second kappa shape index (κ2) is 16.7. The van der Waals surface area contributed by atoms with E-state index in [4.69, 9.17) is 14.6 Å². The molecule has 0 radical (unpaired) electrons. The third-order valence-electron chi connectivity index (χ3n) is 5.84. The number of aromatic nitrogens is 1. The summed E-state index contributed by atoms with van der Waals surface area (Å²) in [7, 11) is 0. The van der Waals surface area contributed by atoms with Crippen LogP contribution < -0.4 is 5.32 Å². The largest absolute Gasteiger partial charge is 0.490 e. The number of aliphatic carboxylic acids is 1. The number of amides is 1. The fourth-order valence-corrected chi connectivity index (χ4v) is 3.67. The van der Waals surface area contributed by atoms with Gasteiger partial charge in [-0.25, -0.2) is 9.59 Å².